The lowest BCUT2D eigenvalue weighted by Crippen LogP contribution is -2.41. The van der Waals surface area contributed by atoms with Gasteiger partial charge in [-0.25, -0.2) is 4.99 Å². The SMILES string of the molecule is CCCNC(=NCC(=O)N(C)C)NCC(C)Cc1cccs1.I. The topological polar surface area (TPSA) is 56.7 Å². The van der Waals surface area contributed by atoms with Crippen molar-refractivity contribution in [2.75, 3.05) is 33.7 Å². The molecule has 0 fully saturated rings. The third-order valence-electron chi connectivity index (χ3n) is 3.16. The van der Waals surface area contributed by atoms with E-state index in [9.17, 15) is 4.79 Å². The summed E-state index contributed by atoms with van der Waals surface area (Å²) in [5.41, 5.74) is 0. The van der Waals surface area contributed by atoms with Gasteiger partial charge in [-0.05, 0) is 30.2 Å². The fourth-order valence-electron chi connectivity index (χ4n) is 1.82. The van der Waals surface area contributed by atoms with Gasteiger partial charge in [0.25, 0.3) is 0 Å². The Balaban J connectivity index is 0.00000484. The molecule has 0 spiro atoms. The number of guanidine groups is 1. The van der Waals surface area contributed by atoms with Crippen LogP contribution in [0, 0.1) is 5.92 Å². The van der Waals surface area contributed by atoms with Crippen molar-refractivity contribution in [3.8, 4) is 0 Å². The Morgan fingerprint density at radius 2 is 2.13 bits per heavy atom. The van der Waals surface area contributed by atoms with Crippen LogP contribution >= 0.6 is 35.3 Å². The third-order valence-corrected chi connectivity index (χ3v) is 4.06. The first kappa shape index (κ1) is 22.2. The highest BCUT2D eigenvalue weighted by molar-refractivity contribution is 14.0. The highest BCUT2D eigenvalue weighted by atomic mass is 127. The van der Waals surface area contributed by atoms with Crippen LogP contribution in [0.1, 0.15) is 25.1 Å². The molecule has 1 aromatic rings. The molecule has 132 valence electrons. The molecule has 0 aliphatic heterocycles. The molecule has 23 heavy (non-hydrogen) atoms. The van der Waals surface area contributed by atoms with Crippen molar-refractivity contribution in [2.24, 2.45) is 10.9 Å². The minimum absolute atomic E-state index is 0. The molecule has 0 saturated heterocycles. The van der Waals surface area contributed by atoms with Gasteiger partial charge in [0.2, 0.25) is 5.91 Å². The lowest BCUT2D eigenvalue weighted by atomic mass is 10.1. The Morgan fingerprint density at radius 1 is 1.39 bits per heavy atom. The van der Waals surface area contributed by atoms with Gasteiger partial charge in [0.05, 0.1) is 0 Å². The number of halogens is 1. The number of nitrogens with one attached hydrogen (secondary N) is 2. The summed E-state index contributed by atoms with van der Waals surface area (Å²) in [6, 6.07) is 4.25. The summed E-state index contributed by atoms with van der Waals surface area (Å²) in [5, 5.41) is 8.69. The fraction of sp³-hybridized carbons (Fsp3) is 0.625. The molecular weight excluding hydrogens is 423 g/mol. The molecule has 0 radical (unpaired) electrons. The zero-order valence-corrected chi connectivity index (χ0v) is 17.6. The Kier molecular flexibility index (Phi) is 12.1. The minimum Gasteiger partial charge on any atom is -0.356 e. The van der Waals surface area contributed by atoms with E-state index in [0.29, 0.717) is 5.92 Å². The van der Waals surface area contributed by atoms with E-state index < -0.39 is 0 Å². The Labute approximate surface area is 161 Å². The zero-order valence-electron chi connectivity index (χ0n) is 14.5. The highest BCUT2D eigenvalue weighted by Crippen LogP contribution is 2.13. The normalized spacial score (nSPS) is 12.3. The number of hydrogen-bond donors (Lipinski definition) is 2. The summed E-state index contributed by atoms with van der Waals surface area (Å²) in [7, 11) is 3.49. The zero-order chi connectivity index (χ0) is 16.4. The monoisotopic (exact) mass is 452 g/mol. The molecular formula is C16H29IN4OS. The van der Waals surface area contributed by atoms with Crippen molar-refractivity contribution in [1.82, 2.24) is 15.5 Å². The highest BCUT2D eigenvalue weighted by Gasteiger charge is 2.07. The number of hydrogen-bond acceptors (Lipinski definition) is 3. The average molecular weight is 452 g/mol. The van der Waals surface area contributed by atoms with Gasteiger partial charge in [-0.3, -0.25) is 4.79 Å². The molecule has 1 heterocycles. The van der Waals surface area contributed by atoms with Crippen molar-refractivity contribution >= 4 is 47.2 Å². The molecule has 1 atom stereocenters. The largest absolute Gasteiger partial charge is 0.356 e. The Bertz CT molecular complexity index is 463. The molecule has 5 nitrogen and oxygen atoms in total. The maximum absolute atomic E-state index is 11.6. The first-order chi connectivity index (χ1) is 10.5. The van der Waals surface area contributed by atoms with E-state index in [4.69, 9.17) is 0 Å². The third kappa shape index (κ3) is 9.80. The van der Waals surface area contributed by atoms with Crippen molar-refractivity contribution in [3.05, 3.63) is 22.4 Å². The Morgan fingerprint density at radius 3 is 2.70 bits per heavy atom. The molecule has 2 N–H and O–H groups in total. The molecule has 1 rings (SSSR count). The van der Waals surface area contributed by atoms with E-state index >= 15 is 0 Å². The van der Waals surface area contributed by atoms with Gasteiger partial charge >= 0.3 is 0 Å². The van der Waals surface area contributed by atoms with E-state index in [2.05, 4.69) is 47.0 Å². The number of nitrogens with zero attached hydrogens (tertiary/aromatic N) is 2. The summed E-state index contributed by atoms with van der Waals surface area (Å²) < 4.78 is 0. The van der Waals surface area contributed by atoms with Crippen LogP contribution in [0.25, 0.3) is 0 Å². The van der Waals surface area contributed by atoms with Gasteiger partial charge in [-0.2, -0.15) is 0 Å². The van der Waals surface area contributed by atoms with E-state index in [-0.39, 0.29) is 36.4 Å². The van der Waals surface area contributed by atoms with Gasteiger partial charge in [0, 0.05) is 32.1 Å². The summed E-state index contributed by atoms with van der Waals surface area (Å²) in [4.78, 5) is 18.9. The van der Waals surface area contributed by atoms with Crippen LogP contribution in [0.15, 0.2) is 22.5 Å². The molecule has 0 bridgehead atoms. The van der Waals surface area contributed by atoms with Gasteiger partial charge < -0.3 is 15.5 Å². The van der Waals surface area contributed by atoms with E-state index in [1.165, 1.54) is 4.88 Å². The lowest BCUT2D eigenvalue weighted by Gasteiger charge is -2.16. The first-order valence-electron chi connectivity index (χ1n) is 7.77. The molecule has 0 aromatic carbocycles. The number of carbonyl (C=O) groups is 1. The molecule has 0 aliphatic rings. The van der Waals surface area contributed by atoms with E-state index in [0.717, 1.165) is 31.9 Å². The van der Waals surface area contributed by atoms with Crippen molar-refractivity contribution in [3.63, 3.8) is 0 Å². The molecule has 1 aromatic heterocycles. The summed E-state index contributed by atoms with van der Waals surface area (Å²) in [5.74, 6) is 1.23. The van der Waals surface area contributed by atoms with Crippen molar-refractivity contribution in [2.45, 2.75) is 26.7 Å². The van der Waals surface area contributed by atoms with Gasteiger partial charge in [0.1, 0.15) is 6.54 Å². The maximum Gasteiger partial charge on any atom is 0.243 e. The predicted molar refractivity (Wildman–Crippen MR) is 110 cm³/mol. The smallest absolute Gasteiger partial charge is 0.243 e. The van der Waals surface area contributed by atoms with Crippen LogP contribution in [0.3, 0.4) is 0 Å². The van der Waals surface area contributed by atoms with Crippen molar-refractivity contribution in [1.29, 1.82) is 0 Å². The van der Waals surface area contributed by atoms with Crippen molar-refractivity contribution < 1.29 is 4.79 Å². The first-order valence-corrected chi connectivity index (χ1v) is 8.65. The lowest BCUT2D eigenvalue weighted by molar-refractivity contribution is -0.127. The molecule has 1 amide bonds. The predicted octanol–water partition coefficient (Wildman–Crippen LogP) is 2.58. The minimum atomic E-state index is 0. The van der Waals surface area contributed by atoms with Crippen LogP contribution in [0.2, 0.25) is 0 Å². The van der Waals surface area contributed by atoms with Crippen LogP contribution in [0.5, 0.6) is 0 Å². The number of likely N-dealkylation sites (N-methyl/N-ethyl adjacent to an activating group) is 1. The molecule has 0 aliphatic carbocycles. The van der Waals surface area contributed by atoms with Gasteiger partial charge in [-0.1, -0.05) is 19.9 Å². The Hall–Kier alpha value is -0.830. The number of carbonyl (C=O) groups excluding carboxylic acids is 1. The average Bonchev–Trinajstić information content (AvgIpc) is 2.98. The fourth-order valence-corrected chi connectivity index (χ4v) is 2.69. The number of thiophene rings is 1. The van der Waals surface area contributed by atoms with E-state index in [1.807, 2.05) is 0 Å². The maximum atomic E-state index is 11.6. The molecule has 0 saturated carbocycles. The standard InChI is InChI=1S/C16H28N4OS.HI/c1-5-8-17-16(19-12-15(21)20(3)4)18-11-13(2)10-14-7-6-9-22-14;/h6-7,9,13H,5,8,10-12H2,1-4H3,(H2,17,18,19);1H. The van der Waals surface area contributed by atoms with E-state index in [1.54, 1.807) is 30.3 Å². The number of aliphatic imine (C=N–C) groups is 1. The molecule has 1 unspecified atom stereocenters. The summed E-state index contributed by atoms with van der Waals surface area (Å²) in [6.45, 7) is 6.18. The quantitative estimate of drug-likeness (QED) is 0.362. The number of rotatable bonds is 8. The number of amides is 1. The van der Waals surface area contributed by atoms with Crippen LogP contribution < -0.4 is 10.6 Å². The second-order valence-corrected chi connectivity index (χ2v) is 6.68. The summed E-state index contributed by atoms with van der Waals surface area (Å²) >= 11 is 1.79. The summed E-state index contributed by atoms with van der Waals surface area (Å²) in [6.07, 6.45) is 2.08. The van der Waals surface area contributed by atoms with Crippen LogP contribution in [0.4, 0.5) is 0 Å². The second kappa shape index (κ2) is 12.6. The van der Waals surface area contributed by atoms with Gasteiger partial charge in [-0.15, -0.1) is 35.3 Å². The van der Waals surface area contributed by atoms with Crippen LogP contribution in [-0.4, -0.2) is 50.5 Å². The molecule has 7 heteroatoms. The van der Waals surface area contributed by atoms with Gasteiger partial charge in [0.15, 0.2) is 5.96 Å². The van der Waals surface area contributed by atoms with Crippen LogP contribution in [-0.2, 0) is 11.2 Å². The second-order valence-electron chi connectivity index (χ2n) is 5.65.